The van der Waals surface area contributed by atoms with Gasteiger partial charge in [-0.2, -0.15) is 0 Å². The first kappa shape index (κ1) is 15.0. The number of hydrogen-bond donors (Lipinski definition) is 1. The van der Waals surface area contributed by atoms with Gasteiger partial charge in [-0.25, -0.2) is 0 Å². The van der Waals surface area contributed by atoms with Crippen molar-refractivity contribution in [2.75, 3.05) is 7.05 Å². The molecule has 0 heterocycles. The molecule has 0 aliphatic rings. The van der Waals surface area contributed by atoms with Crippen molar-refractivity contribution >= 4 is 0 Å². The topological polar surface area (TPSA) is 12.0 Å². The molecule has 0 spiro atoms. The zero-order chi connectivity index (χ0) is 11.5. The number of hydrogen-bond acceptors (Lipinski definition) is 1. The molecular weight excluding hydrogens is 182 g/mol. The van der Waals surface area contributed by atoms with Crippen LogP contribution in [0.4, 0.5) is 0 Å². The molecule has 0 aromatic rings. The van der Waals surface area contributed by atoms with Gasteiger partial charge in [0, 0.05) is 6.04 Å². The number of nitrogens with one attached hydrogen (secondary N) is 1. The molecule has 0 saturated carbocycles. The van der Waals surface area contributed by atoms with E-state index in [1.807, 2.05) is 0 Å². The molecule has 1 heteroatoms. The molecule has 0 fully saturated rings. The maximum atomic E-state index is 3.48. The fourth-order valence-corrected chi connectivity index (χ4v) is 2.22. The van der Waals surface area contributed by atoms with Crippen molar-refractivity contribution in [2.45, 2.75) is 78.2 Å². The minimum Gasteiger partial charge on any atom is -0.317 e. The molecule has 1 unspecified atom stereocenters. The lowest BCUT2D eigenvalue weighted by Crippen LogP contribution is -2.27. The highest BCUT2D eigenvalue weighted by Crippen LogP contribution is 2.18. The quantitative estimate of drug-likeness (QED) is 0.531. The van der Waals surface area contributed by atoms with Crippen LogP contribution in [-0.2, 0) is 0 Å². The second kappa shape index (κ2) is 10.5. The number of unbranched alkanes of at least 4 members (excludes halogenated alkanes) is 3. The third-order valence-electron chi connectivity index (χ3n) is 3.59. The SMILES string of the molecule is CCCCCCC(CC(CC)CC)NC. The Hall–Kier alpha value is -0.0400. The largest absolute Gasteiger partial charge is 0.317 e. The van der Waals surface area contributed by atoms with Gasteiger partial charge in [0.15, 0.2) is 0 Å². The molecule has 0 saturated heterocycles. The van der Waals surface area contributed by atoms with Crippen LogP contribution in [-0.4, -0.2) is 13.1 Å². The highest BCUT2D eigenvalue weighted by molar-refractivity contribution is 4.69. The second-order valence-corrected chi connectivity index (χ2v) is 4.75. The van der Waals surface area contributed by atoms with Crippen LogP contribution in [0.5, 0.6) is 0 Å². The van der Waals surface area contributed by atoms with Crippen LogP contribution in [0.1, 0.15) is 72.1 Å². The van der Waals surface area contributed by atoms with Gasteiger partial charge in [-0.3, -0.25) is 0 Å². The number of rotatable bonds is 10. The van der Waals surface area contributed by atoms with Crippen LogP contribution < -0.4 is 5.32 Å². The van der Waals surface area contributed by atoms with Gasteiger partial charge in [-0.1, -0.05) is 59.3 Å². The lowest BCUT2D eigenvalue weighted by molar-refractivity contribution is 0.357. The summed E-state index contributed by atoms with van der Waals surface area (Å²) in [5.74, 6) is 0.925. The van der Waals surface area contributed by atoms with E-state index in [0.29, 0.717) is 0 Å². The Labute approximate surface area is 97.0 Å². The predicted octanol–water partition coefficient (Wildman–Crippen LogP) is 4.37. The van der Waals surface area contributed by atoms with Crippen molar-refractivity contribution in [1.82, 2.24) is 5.32 Å². The van der Waals surface area contributed by atoms with E-state index in [9.17, 15) is 0 Å². The van der Waals surface area contributed by atoms with Gasteiger partial charge in [0.1, 0.15) is 0 Å². The van der Waals surface area contributed by atoms with E-state index in [0.717, 1.165) is 12.0 Å². The molecule has 0 amide bonds. The molecule has 0 aromatic heterocycles. The third-order valence-corrected chi connectivity index (χ3v) is 3.59. The first-order valence-electron chi connectivity index (χ1n) is 6.95. The summed E-state index contributed by atoms with van der Waals surface area (Å²) in [5.41, 5.74) is 0. The molecule has 1 nitrogen and oxygen atoms in total. The summed E-state index contributed by atoms with van der Waals surface area (Å²) < 4.78 is 0. The van der Waals surface area contributed by atoms with E-state index in [1.165, 1.54) is 51.4 Å². The minimum absolute atomic E-state index is 0.756. The molecule has 0 aliphatic carbocycles. The fraction of sp³-hybridized carbons (Fsp3) is 1.00. The minimum atomic E-state index is 0.756. The molecule has 0 radical (unpaired) electrons. The van der Waals surface area contributed by atoms with E-state index in [1.54, 1.807) is 0 Å². The van der Waals surface area contributed by atoms with Gasteiger partial charge in [0.2, 0.25) is 0 Å². The predicted molar refractivity (Wildman–Crippen MR) is 70.3 cm³/mol. The summed E-state index contributed by atoms with van der Waals surface area (Å²) in [7, 11) is 2.12. The normalized spacial score (nSPS) is 13.4. The lowest BCUT2D eigenvalue weighted by atomic mass is 9.92. The third kappa shape index (κ3) is 7.84. The van der Waals surface area contributed by atoms with Gasteiger partial charge in [0.25, 0.3) is 0 Å². The van der Waals surface area contributed by atoms with Gasteiger partial charge >= 0.3 is 0 Å². The van der Waals surface area contributed by atoms with Crippen LogP contribution >= 0.6 is 0 Å². The van der Waals surface area contributed by atoms with E-state index in [-0.39, 0.29) is 0 Å². The summed E-state index contributed by atoms with van der Waals surface area (Å²) in [6.45, 7) is 6.91. The van der Waals surface area contributed by atoms with Crippen molar-refractivity contribution in [3.05, 3.63) is 0 Å². The molecule has 1 N–H and O–H groups in total. The van der Waals surface area contributed by atoms with Gasteiger partial charge in [-0.15, -0.1) is 0 Å². The van der Waals surface area contributed by atoms with Gasteiger partial charge in [0.05, 0.1) is 0 Å². The van der Waals surface area contributed by atoms with Crippen LogP contribution in [0, 0.1) is 5.92 Å². The average molecular weight is 213 g/mol. The molecule has 0 bridgehead atoms. The summed E-state index contributed by atoms with van der Waals surface area (Å²) in [6.07, 6.45) is 11.0. The fourth-order valence-electron chi connectivity index (χ4n) is 2.22. The Morgan fingerprint density at radius 3 is 2.07 bits per heavy atom. The van der Waals surface area contributed by atoms with Crippen LogP contribution in [0.15, 0.2) is 0 Å². The Bertz CT molecular complexity index is 119. The lowest BCUT2D eigenvalue weighted by Gasteiger charge is -2.21. The summed E-state index contributed by atoms with van der Waals surface area (Å²) in [5, 5.41) is 3.48. The molecule has 0 aromatic carbocycles. The Morgan fingerprint density at radius 2 is 1.60 bits per heavy atom. The highest BCUT2D eigenvalue weighted by atomic mass is 14.9. The Balaban J connectivity index is 3.61. The second-order valence-electron chi connectivity index (χ2n) is 4.75. The van der Waals surface area contributed by atoms with Crippen LogP contribution in [0.2, 0.25) is 0 Å². The first-order valence-corrected chi connectivity index (χ1v) is 6.95. The summed E-state index contributed by atoms with van der Waals surface area (Å²) in [6, 6.07) is 0.756. The van der Waals surface area contributed by atoms with Gasteiger partial charge < -0.3 is 5.32 Å². The molecule has 15 heavy (non-hydrogen) atoms. The molecule has 1 atom stereocenters. The van der Waals surface area contributed by atoms with Crippen LogP contribution in [0.3, 0.4) is 0 Å². The molecule has 0 rings (SSSR count). The van der Waals surface area contributed by atoms with E-state index in [4.69, 9.17) is 0 Å². The summed E-state index contributed by atoms with van der Waals surface area (Å²) in [4.78, 5) is 0. The first-order chi connectivity index (χ1) is 7.28. The Kier molecular flexibility index (Phi) is 10.4. The van der Waals surface area contributed by atoms with E-state index in [2.05, 4.69) is 33.1 Å². The van der Waals surface area contributed by atoms with Gasteiger partial charge in [-0.05, 0) is 25.8 Å². The maximum absolute atomic E-state index is 3.48. The van der Waals surface area contributed by atoms with Crippen molar-refractivity contribution in [1.29, 1.82) is 0 Å². The smallest absolute Gasteiger partial charge is 0.00666 e. The standard InChI is InChI=1S/C14H31N/c1-5-8-9-10-11-14(15-4)12-13(6-2)7-3/h13-15H,5-12H2,1-4H3. The zero-order valence-corrected chi connectivity index (χ0v) is 11.3. The Morgan fingerprint density at radius 1 is 0.933 bits per heavy atom. The molecular formula is C14H31N. The average Bonchev–Trinajstić information content (AvgIpc) is 2.28. The van der Waals surface area contributed by atoms with Crippen molar-refractivity contribution in [2.24, 2.45) is 5.92 Å². The van der Waals surface area contributed by atoms with Crippen molar-refractivity contribution < 1.29 is 0 Å². The molecule has 0 aliphatic heterocycles. The van der Waals surface area contributed by atoms with Crippen molar-refractivity contribution in [3.8, 4) is 0 Å². The zero-order valence-electron chi connectivity index (χ0n) is 11.3. The van der Waals surface area contributed by atoms with Crippen molar-refractivity contribution in [3.63, 3.8) is 0 Å². The monoisotopic (exact) mass is 213 g/mol. The highest BCUT2D eigenvalue weighted by Gasteiger charge is 2.11. The van der Waals surface area contributed by atoms with E-state index >= 15 is 0 Å². The molecule has 92 valence electrons. The van der Waals surface area contributed by atoms with Crippen LogP contribution in [0.25, 0.3) is 0 Å². The maximum Gasteiger partial charge on any atom is 0.00666 e. The summed E-state index contributed by atoms with van der Waals surface area (Å²) >= 11 is 0. The van der Waals surface area contributed by atoms with E-state index < -0.39 is 0 Å².